The second-order valence-electron chi connectivity index (χ2n) is 6.47. The SMILES string of the molecule is NCCOc1ccc(C/C(C(=O)O)=C(/C(=O)O)[C@H]2CC[C@@H](O)CC2)cc1. The first-order valence-electron chi connectivity index (χ1n) is 8.71. The first-order chi connectivity index (χ1) is 12.4. The predicted octanol–water partition coefficient (Wildman–Crippen LogP) is 1.58. The van der Waals surface area contributed by atoms with E-state index in [9.17, 15) is 24.9 Å². The van der Waals surface area contributed by atoms with Gasteiger partial charge in [0.15, 0.2) is 0 Å². The molecule has 0 aliphatic heterocycles. The lowest BCUT2D eigenvalue weighted by molar-refractivity contribution is -0.136. The van der Waals surface area contributed by atoms with Crippen molar-refractivity contribution in [2.24, 2.45) is 11.7 Å². The first kappa shape index (κ1) is 19.9. The minimum absolute atomic E-state index is 0.0210. The highest BCUT2D eigenvalue weighted by atomic mass is 16.5. The summed E-state index contributed by atoms with van der Waals surface area (Å²) in [5.41, 5.74) is 5.92. The van der Waals surface area contributed by atoms with Gasteiger partial charge in [-0.2, -0.15) is 0 Å². The summed E-state index contributed by atoms with van der Waals surface area (Å²) in [7, 11) is 0. The second kappa shape index (κ2) is 9.35. The molecule has 142 valence electrons. The van der Waals surface area contributed by atoms with Gasteiger partial charge in [-0.3, -0.25) is 0 Å². The molecule has 0 bridgehead atoms. The van der Waals surface area contributed by atoms with Crippen LogP contribution < -0.4 is 10.5 Å². The predicted molar refractivity (Wildman–Crippen MR) is 95.0 cm³/mol. The van der Waals surface area contributed by atoms with Crippen LogP contribution >= 0.6 is 0 Å². The highest BCUT2D eigenvalue weighted by Gasteiger charge is 2.31. The van der Waals surface area contributed by atoms with Crippen LogP contribution in [0.4, 0.5) is 0 Å². The van der Waals surface area contributed by atoms with Gasteiger partial charge in [-0.15, -0.1) is 0 Å². The van der Waals surface area contributed by atoms with Gasteiger partial charge in [-0.05, 0) is 49.3 Å². The number of carboxylic acids is 2. The van der Waals surface area contributed by atoms with Crippen molar-refractivity contribution in [2.75, 3.05) is 13.2 Å². The Bertz CT molecular complexity index is 659. The van der Waals surface area contributed by atoms with E-state index >= 15 is 0 Å². The molecule has 7 nitrogen and oxygen atoms in total. The van der Waals surface area contributed by atoms with Crippen molar-refractivity contribution in [2.45, 2.75) is 38.2 Å². The summed E-state index contributed by atoms with van der Waals surface area (Å²) in [6, 6.07) is 6.86. The molecule has 1 aliphatic carbocycles. The number of ether oxygens (including phenoxy) is 1. The smallest absolute Gasteiger partial charge is 0.332 e. The molecule has 0 saturated heterocycles. The van der Waals surface area contributed by atoms with Gasteiger partial charge in [0.1, 0.15) is 12.4 Å². The third kappa shape index (κ3) is 5.31. The Morgan fingerprint density at radius 2 is 1.65 bits per heavy atom. The third-order valence-electron chi connectivity index (χ3n) is 4.61. The first-order valence-corrected chi connectivity index (χ1v) is 8.71. The lowest BCUT2D eigenvalue weighted by Gasteiger charge is -2.27. The maximum atomic E-state index is 11.8. The highest BCUT2D eigenvalue weighted by Crippen LogP contribution is 2.33. The summed E-state index contributed by atoms with van der Waals surface area (Å²) in [5.74, 6) is -2.15. The van der Waals surface area contributed by atoms with E-state index in [0.717, 1.165) is 0 Å². The molecule has 1 aromatic carbocycles. The Balaban J connectivity index is 2.25. The Morgan fingerprint density at radius 3 is 2.15 bits per heavy atom. The van der Waals surface area contributed by atoms with Crippen molar-refractivity contribution in [3.8, 4) is 5.75 Å². The van der Waals surface area contributed by atoms with E-state index in [0.29, 0.717) is 50.1 Å². The summed E-state index contributed by atoms with van der Waals surface area (Å²) >= 11 is 0. The molecule has 0 amide bonds. The molecule has 1 aliphatic rings. The van der Waals surface area contributed by atoms with Gasteiger partial charge in [-0.1, -0.05) is 12.1 Å². The summed E-state index contributed by atoms with van der Waals surface area (Å²) in [4.78, 5) is 23.5. The minimum atomic E-state index is -1.23. The Labute approximate surface area is 152 Å². The summed E-state index contributed by atoms with van der Waals surface area (Å²) in [6.45, 7) is 0.780. The van der Waals surface area contributed by atoms with Crippen molar-refractivity contribution in [3.63, 3.8) is 0 Å². The van der Waals surface area contributed by atoms with Crippen LogP contribution in [0.3, 0.4) is 0 Å². The second-order valence-corrected chi connectivity index (χ2v) is 6.47. The Kier molecular flexibility index (Phi) is 7.17. The standard InChI is InChI=1S/C19H25NO6/c20-9-10-26-15-7-1-12(2-8-15)11-16(18(22)23)17(19(24)25)13-3-5-14(21)6-4-13/h1-2,7-8,13-14,21H,3-6,9-11,20H2,(H,22,23)(H,24,25)/b17-16-/t13-,14+. The quantitative estimate of drug-likeness (QED) is 0.516. The largest absolute Gasteiger partial charge is 0.492 e. The molecule has 0 spiro atoms. The zero-order chi connectivity index (χ0) is 19.1. The summed E-state index contributed by atoms with van der Waals surface area (Å²) in [6.07, 6.45) is 1.52. The third-order valence-corrected chi connectivity index (χ3v) is 4.61. The van der Waals surface area contributed by atoms with Crippen molar-refractivity contribution in [3.05, 3.63) is 41.0 Å². The molecule has 26 heavy (non-hydrogen) atoms. The summed E-state index contributed by atoms with van der Waals surface area (Å²) in [5, 5.41) is 28.8. The number of aliphatic carboxylic acids is 2. The van der Waals surface area contributed by atoms with E-state index in [1.807, 2.05) is 0 Å². The molecule has 0 heterocycles. The average Bonchev–Trinajstić information content (AvgIpc) is 2.61. The Hall–Kier alpha value is -2.38. The molecule has 0 aromatic heterocycles. The number of benzene rings is 1. The molecule has 2 rings (SSSR count). The van der Waals surface area contributed by atoms with E-state index in [-0.39, 0.29) is 23.5 Å². The van der Waals surface area contributed by atoms with E-state index in [2.05, 4.69) is 0 Å². The molecule has 1 saturated carbocycles. The van der Waals surface area contributed by atoms with Gasteiger partial charge in [0.2, 0.25) is 0 Å². The number of hydrogen-bond donors (Lipinski definition) is 4. The van der Waals surface area contributed by atoms with Crippen LogP contribution in [0.15, 0.2) is 35.4 Å². The number of nitrogens with two attached hydrogens (primary N) is 1. The van der Waals surface area contributed by atoms with Gasteiger partial charge >= 0.3 is 11.9 Å². The molecular weight excluding hydrogens is 338 g/mol. The fraction of sp³-hybridized carbons (Fsp3) is 0.474. The van der Waals surface area contributed by atoms with Crippen molar-refractivity contribution < 1.29 is 29.6 Å². The fourth-order valence-electron chi connectivity index (χ4n) is 3.29. The van der Waals surface area contributed by atoms with Crippen LogP contribution in [0, 0.1) is 5.92 Å². The van der Waals surface area contributed by atoms with Gasteiger partial charge in [0.05, 0.1) is 17.3 Å². The molecule has 0 radical (unpaired) electrons. The van der Waals surface area contributed by atoms with Crippen LogP contribution in [0.25, 0.3) is 0 Å². The lowest BCUT2D eigenvalue weighted by Crippen LogP contribution is -2.25. The van der Waals surface area contributed by atoms with E-state index in [1.165, 1.54) is 0 Å². The molecular formula is C19H25NO6. The van der Waals surface area contributed by atoms with Crippen LogP contribution in [0.5, 0.6) is 5.75 Å². The maximum absolute atomic E-state index is 11.8. The zero-order valence-corrected chi connectivity index (χ0v) is 14.6. The van der Waals surface area contributed by atoms with Gasteiger partial charge < -0.3 is 25.8 Å². The van der Waals surface area contributed by atoms with Gasteiger partial charge in [0, 0.05) is 13.0 Å². The number of aliphatic hydroxyl groups is 1. The fourth-order valence-corrected chi connectivity index (χ4v) is 3.29. The van der Waals surface area contributed by atoms with E-state index < -0.39 is 18.0 Å². The molecule has 1 fully saturated rings. The molecule has 7 heteroatoms. The monoisotopic (exact) mass is 363 g/mol. The van der Waals surface area contributed by atoms with E-state index in [1.54, 1.807) is 24.3 Å². The molecule has 0 atom stereocenters. The van der Waals surface area contributed by atoms with E-state index in [4.69, 9.17) is 10.5 Å². The number of rotatable bonds is 8. The van der Waals surface area contributed by atoms with Crippen LogP contribution in [-0.2, 0) is 16.0 Å². The van der Waals surface area contributed by atoms with Gasteiger partial charge in [0.25, 0.3) is 0 Å². The maximum Gasteiger partial charge on any atom is 0.332 e. The number of carboxylic acid groups (broad SMARTS) is 2. The van der Waals surface area contributed by atoms with Crippen molar-refractivity contribution in [1.29, 1.82) is 0 Å². The zero-order valence-electron chi connectivity index (χ0n) is 14.6. The van der Waals surface area contributed by atoms with Crippen molar-refractivity contribution in [1.82, 2.24) is 0 Å². The number of hydrogen-bond acceptors (Lipinski definition) is 5. The van der Waals surface area contributed by atoms with Gasteiger partial charge in [-0.25, -0.2) is 9.59 Å². The normalized spacial score (nSPS) is 21.0. The lowest BCUT2D eigenvalue weighted by atomic mass is 9.79. The number of carbonyl (C=O) groups is 2. The molecule has 1 aromatic rings. The van der Waals surface area contributed by atoms with Crippen LogP contribution in [-0.4, -0.2) is 46.5 Å². The highest BCUT2D eigenvalue weighted by molar-refractivity contribution is 5.99. The molecule has 5 N–H and O–H groups in total. The minimum Gasteiger partial charge on any atom is -0.492 e. The molecule has 0 unspecified atom stereocenters. The average molecular weight is 363 g/mol. The Morgan fingerprint density at radius 1 is 1.04 bits per heavy atom. The number of aliphatic hydroxyl groups excluding tert-OH is 1. The van der Waals surface area contributed by atoms with Crippen LogP contribution in [0.2, 0.25) is 0 Å². The summed E-state index contributed by atoms with van der Waals surface area (Å²) < 4.78 is 5.38. The van der Waals surface area contributed by atoms with Crippen molar-refractivity contribution >= 4 is 11.9 Å². The van der Waals surface area contributed by atoms with Crippen LogP contribution in [0.1, 0.15) is 31.2 Å². The topological polar surface area (TPSA) is 130 Å².